The average Bonchev–Trinajstić information content (AvgIpc) is 2.55. The smallest absolute Gasteiger partial charge is 0.150 e. The number of sulfone groups is 1. The van der Waals surface area contributed by atoms with E-state index in [1.165, 1.54) is 0 Å². The molecule has 130 valence electrons. The number of aromatic nitrogens is 1. The number of rotatable bonds is 4. The van der Waals surface area contributed by atoms with Gasteiger partial charge in [-0.05, 0) is 43.5 Å². The van der Waals surface area contributed by atoms with E-state index in [-0.39, 0.29) is 17.5 Å². The van der Waals surface area contributed by atoms with Crippen molar-refractivity contribution in [2.45, 2.75) is 25.8 Å². The Hall–Kier alpha value is -2.02. The van der Waals surface area contributed by atoms with Gasteiger partial charge in [0.1, 0.15) is 32.7 Å². The molecule has 1 N–H and O–H groups in total. The molecular formula is C17H22N2O4S. The second-order valence-corrected chi connectivity index (χ2v) is 8.39. The Balaban J connectivity index is 1.95. The summed E-state index contributed by atoms with van der Waals surface area (Å²) in [5, 5.41) is 4.29. The Labute approximate surface area is 142 Å². The summed E-state index contributed by atoms with van der Waals surface area (Å²) in [5.41, 5.74) is 1.77. The molecule has 0 unspecified atom stereocenters. The highest BCUT2D eigenvalue weighted by atomic mass is 32.2. The van der Waals surface area contributed by atoms with E-state index in [9.17, 15) is 8.42 Å². The Bertz CT molecular complexity index is 851. The first-order valence-electron chi connectivity index (χ1n) is 7.93. The van der Waals surface area contributed by atoms with E-state index < -0.39 is 9.84 Å². The van der Waals surface area contributed by atoms with Crippen LogP contribution in [0.5, 0.6) is 11.5 Å². The van der Waals surface area contributed by atoms with E-state index in [4.69, 9.17) is 9.47 Å². The predicted octanol–water partition coefficient (Wildman–Crippen LogP) is 2.55. The van der Waals surface area contributed by atoms with Crippen LogP contribution in [0.15, 0.2) is 18.2 Å². The number of aryl methyl sites for hydroxylation is 1. The van der Waals surface area contributed by atoms with E-state index in [0.29, 0.717) is 18.6 Å². The first-order chi connectivity index (χ1) is 11.4. The molecule has 1 saturated heterocycles. The molecule has 7 heteroatoms. The monoisotopic (exact) mass is 350 g/mol. The van der Waals surface area contributed by atoms with Gasteiger partial charge in [0.05, 0.1) is 25.7 Å². The highest BCUT2D eigenvalue weighted by molar-refractivity contribution is 7.91. The predicted molar refractivity (Wildman–Crippen MR) is 94.9 cm³/mol. The average molecular weight is 350 g/mol. The highest BCUT2D eigenvalue weighted by Crippen LogP contribution is 2.35. The van der Waals surface area contributed by atoms with Crippen LogP contribution in [0.4, 0.5) is 5.82 Å². The summed E-state index contributed by atoms with van der Waals surface area (Å²) in [6, 6.07) is 5.79. The molecule has 2 heterocycles. The summed E-state index contributed by atoms with van der Waals surface area (Å²) in [6.07, 6.45) is 1.21. The molecule has 1 aromatic heterocycles. The van der Waals surface area contributed by atoms with Crippen LogP contribution in [0.2, 0.25) is 0 Å². The van der Waals surface area contributed by atoms with Crippen LogP contribution in [0.25, 0.3) is 10.9 Å². The van der Waals surface area contributed by atoms with Crippen LogP contribution in [-0.4, -0.2) is 45.2 Å². The van der Waals surface area contributed by atoms with Crippen molar-refractivity contribution in [3.63, 3.8) is 0 Å². The summed E-state index contributed by atoms with van der Waals surface area (Å²) in [6.45, 7) is 2.00. The summed E-state index contributed by atoms with van der Waals surface area (Å²) < 4.78 is 34.0. The summed E-state index contributed by atoms with van der Waals surface area (Å²) >= 11 is 0. The maximum absolute atomic E-state index is 11.6. The Morgan fingerprint density at radius 3 is 2.38 bits per heavy atom. The third-order valence-corrected chi connectivity index (χ3v) is 6.14. The number of nitrogens with one attached hydrogen (secondary N) is 1. The second kappa shape index (κ2) is 6.47. The van der Waals surface area contributed by atoms with Gasteiger partial charge in [-0.3, -0.25) is 0 Å². The van der Waals surface area contributed by atoms with Crippen molar-refractivity contribution in [1.82, 2.24) is 4.98 Å². The molecule has 3 rings (SSSR count). The lowest BCUT2D eigenvalue weighted by Crippen LogP contribution is -2.32. The Morgan fingerprint density at radius 2 is 1.75 bits per heavy atom. The first kappa shape index (κ1) is 16.8. The minimum Gasteiger partial charge on any atom is -0.496 e. The fourth-order valence-electron chi connectivity index (χ4n) is 3.13. The van der Waals surface area contributed by atoms with Crippen LogP contribution in [0.3, 0.4) is 0 Å². The van der Waals surface area contributed by atoms with Crippen molar-refractivity contribution in [1.29, 1.82) is 0 Å². The van der Waals surface area contributed by atoms with Gasteiger partial charge in [0.25, 0.3) is 0 Å². The zero-order valence-corrected chi connectivity index (χ0v) is 14.9. The van der Waals surface area contributed by atoms with Crippen LogP contribution in [0.1, 0.15) is 18.4 Å². The lowest BCUT2D eigenvalue weighted by Gasteiger charge is -2.24. The lowest BCUT2D eigenvalue weighted by atomic mass is 10.1. The molecule has 0 radical (unpaired) electrons. The maximum Gasteiger partial charge on any atom is 0.150 e. The number of benzene rings is 1. The first-order valence-corrected chi connectivity index (χ1v) is 9.75. The molecular weight excluding hydrogens is 328 g/mol. The van der Waals surface area contributed by atoms with Crippen molar-refractivity contribution in [3.8, 4) is 11.5 Å². The van der Waals surface area contributed by atoms with Gasteiger partial charge in [-0.25, -0.2) is 13.4 Å². The van der Waals surface area contributed by atoms with Crippen LogP contribution < -0.4 is 14.8 Å². The van der Waals surface area contributed by atoms with Crippen LogP contribution in [0, 0.1) is 6.92 Å². The normalized spacial score (nSPS) is 17.6. The topological polar surface area (TPSA) is 77.5 Å². The largest absolute Gasteiger partial charge is 0.496 e. The Morgan fingerprint density at radius 1 is 1.12 bits per heavy atom. The summed E-state index contributed by atoms with van der Waals surface area (Å²) in [5.74, 6) is 2.63. The number of hydrogen-bond donors (Lipinski definition) is 1. The molecule has 0 spiro atoms. The number of fused-ring (bicyclic) bond motifs is 1. The minimum absolute atomic E-state index is 0.120. The number of anilines is 1. The van der Waals surface area contributed by atoms with Crippen molar-refractivity contribution >= 4 is 26.6 Å². The molecule has 24 heavy (non-hydrogen) atoms. The van der Waals surface area contributed by atoms with Crippen molar-refractivity contribution in [2.24, 2.45) is 0 Å². The molecule has 1 aromatic carbocycles. The molecule has 2 aromatic rings. The van der Waals surface area contributed by atoms with Gasteiger partial charge in [-0.1, -0.05) is 0 Å². The molecule has 0 bridgehead atoms. The minimum atomic E-state index is -2.87. The Kier molecular flexibility index (Phi) is 4.54. The second-order valence-electron chi connectivity index (χ2n) is 6.09. The molecule has 0 amide bonds. The zero-order valence-electron chi connectivity index (χ0n) is 14.1. The van der Waals surface area contributed by atoms with E-state index >= 15 is 0 Å². The van der Waals surface area contributed by atoms with Crippen molar-refractivity contribution in [3.05, 3.63) is 23.8 Å². The molecule has 1 fully saturated rings. The molecule has 1 aliphatic rings. The molecule has 6 nitrogen and oxygen atoms in total. The van der Waals surface area contributed by atoms with Crippen molar-refractivity contribution in [2.75, 3.05) is 31.0 Å². The third-order valence-electron chi connectivity index (χ3n) is 4.43. The molecule has 0 atom stereocenters. The number of pyridine rings is 1. The van der Waals surface area contributed by atoms with Gasteiger partial charge in [0.2, 0.25) is 0 Å². The quantitative estimate of drug-likeness (QED) is 0.913. The van der Waals surface area contributed by atoms with E-state index in [1.807, 2.05) is 25.1 Å². The van der Waals surface area contributed by atoms with Gasteiger partial charge in [0.15, 0.2) is 0 Å². The highest BCUT2D eigenvalue weighted by Gasteiger charge is 2.24. The van der Waals surface area contributed by atoms with Crippen LogP contribution >= 0.6 is 0 Å². The van der Waals surface area contributed by atoms with E-state index in [2.05, 4.69) is 10.3 Å². The van der Waals surface area contributed by atoms with Gasteiger partial charge in [0, 0.05) is 11.4 Å². The number of hydrogen-bond acceptors (Lipinski definition) is 6. The maximum atomic E-state index is 11.6. The SMILES string of the molecule is COc1ccc(OC)c2c(C)cc(NC3CCS(=O)(=O)CC3)nc12. The van der Waals surface area contributed by atoms with E-state index in [0.717, 1.165) is 28.0 Å². The zero-order chi connectivity index (χ0) is 17.3. The van der Waals surface area contributed by atoms with Gasteiger partial charge >= 0.3 is 0 Å². The lowest BCUT2D eigenvalue weighted by molar-refractivity contribution is 0.409. The fraction of sp³-hybridized carbons (Fsp3) is 0.471. The van der Waals surface area contributed by atoms with Crippen molar-refractivity contribution < 1.29 is 17.9 Å². The van der Waals surface area contributed by atoms with E-state index in [1.54, 1.807) is 14.2 Å². The fourth-order valence-corrected chi connectivity index (χ4v) is 4.62. The standard InChI is InChI=1S/C17H22N2O4S/c1-11-10-15(18-12-6-8-24(20,21)9-7-12)19-17-14(23-3)5-4-13(22-2)16(11)17/h4-5,10,12H,6-9H2,1-3H3,(H,18,19). The number of nitrogens with zero attached hydrogens (tertiary/aromatic N) is 1. The number of methoxy groups -OCH3 is 2. The van der Waals surface area contributed by atoms with Gasteiger partial charge in [-0.2, -0.15) is 0 Å². The third kappa shape index (κ3) is 3.26. The summed E-state index contributed by atoms with van der Waals surface area (Å²) in [7, 11) is 0.382. The summed E-state index contributed by atoms with van der Waals surface area (Å²) in [4.78, 5) is 4.68. The molecule has 0 saturated carbocycles. The molecule has 1 aliphatic heterocycles. The molecule has 0 aliphatic carbocycles. The van der Waals surface area contributed by atoms with Gasteiger partial charge < -0.3 is 14.8 Å². The number of ether oxygens (including phenoxy) is 2. The van der Waals surface area contributed by atoms with Crippen LogP contribution in [-0.2, 0) is 9.84 Å². The van der Waals surface area contributed by atoms with Gasteiger partial charge in [-0.15, -0.1) is 0 Å².